The van der Waals surface area contributed by atoms with Crippen LogP contribution < -0.4 is 5.32 Å². The predicted octanol–water partition coefficient (Wildman–Crippen LogP) is 3.40. The molecule has 0 aromatic heterocycles. The molecule has 0 aromatic rings. The molecule has 0 radical (unpaired) electrons. The fraction of sp³-hybridized carbons (Fsp3) is 0.588. The molecule has 0 bridgehead atoms. The van der Waals surface area contributed by atoms with Gasteiger partial charge in [0.05, 0.1) is 6.54 Å². The van der Waals surface area contributed by atoms with Gasteiger partial charge in [-0.05, 0) is 43.4 Å². The number of carboxylic acids is 1. The highest BCUT2D eigenvalue weighted by Gasteiger charge is 2.38. The first-order valence-electron chi connectivity index (χ1n) is 7.19. The van der Waals surface area contributed by atoms with Crippen molar-refractivity contribution in [3.05, 3.63) is 37.0 Å². The van der Waals surface area contributed by atoms with Gasteiger partial charge in [-0.2, -0.15) is 0 Å². The lowest BCUT2D eigenvalue weighted by molar-refractivity contribution is -0.135. The van der Waals surface area contributed by atoms with Gasteiger partial charge in [0.2, 0.25) is 0 Å². The van der Waals surface area contributed by atoms with Crippen LogP contribution in [0.4, 0.5) is 0 Å². The molecule has 3 atom stereocenters. The monoisotopic (exact) mass is 277 g/mol. The van der Waals surface area contributed by atoms with E-state index in [1.165, 1.54) is 5.57 Å². The Morgan fingerprint density at radius 3 is 2.60 bits per heavy atom. The van der Waals surface area contributed by atoms with E-state index in [1.807, 2.05) is 0 Å². The Morgan fingerprint density at radius 1 is 1.45 bits per heavy atom. The maximum absolute atomic E-state index is 10.5. The molecule has 0 amide bonds. The summed E-state index contributed by atoms with van der Waals surface area (Å²) in [5, 5.41) is 11.6. The molecule has 2 N–H and O–H groups in total. The van der Waals surface area contributed by atoms with Gasteiger partial charge in [0.15, 0.2) is 0 Å². The normalized spacial score (nSPS) is 29.7. The second kappa shape index (κ2) is 6.89. The van der Waals surface area contributed by atoms with Gasteiger partial charge in [0.25, 0.3) is 0 Å². The summed E-state index contributed by atoms with van der Waals surface area (Å²) in [5.74, 6) is 0.0292. The van der Waals surface area contributed by atoms with Gasteiger partial charge in [-0.3, -0.25) is 4.79 Å². The zero-order chi connectivity index (χ0) is 15.3. The van der Waals surface area contributed by atoms with Gasteiger partial charge < -0.3 is 10.4 Å². The molecule has 0 unspecified atom stereocenters. The topological polar surface area (TPSA) is 49.3 Å². The molecule has 3 heteroatoms. The number of allylic oxidation sites excluding steroid dienone is 2. The summed E-state index contributed by atoms with van der Waals surface area (Å²) >= 11 is 0. The molecule has 0 aliphatic heterocycles. The molecule has 1 saturated carbocycles. The van der Waals surface area contributed by atoms with E-state index in [9.17, 15) is 4.79 Å². The maximum Gasteiger partial charge on any atom is 0.317 e. The van der Waals surface area contributed by atoms with Gasteiger partial charge in [-0.15, -0.1) is 6.58 Å². The van der Waals surface area contributed by atoms with Crippen molar-refractivity contribution in [3.63, 3.8) is 0 Å². The van der Waals surface area contributed by atoms with Gasteiger partial charge in [-0.1, -0.05) is 37.3 Å². The first-order valence-corrected chi connectivity index (χ1v) is 7.19. The molecule has 1 aliphatic carbocycles. The lowest BCUT2D eigenvalue weighted by atomic mass is 9.61. The molecular formula is C17H27NO2. The first kappa shape index (κ1) is 16.7. The fourth-order valence-electron chi connectivity index (χ4n) is 3.18. The summed E-state index contributed by atoms with van der Waals surface area (Å²) in [6, 6.07) is 0. The number of nitrogens with one attached hydrogen (secondary N) is 1. The van der Waals surface area contributed by atoms with Crippen LogP contribution in [0.3, 0.4) is 0 Å². The number of hydrogen-bond donors (Lipinski definition) is 2. The van der Waals surface area contributed by atoms with Crippen LogP contribution in [0.15, 0.2) is 37.0 Å². The van der Waals surface area contributed by atoms with Crippen LogP contribution >= 0.6 is 0 Å². The molecule has 0 spiro atoms. The molecule has 3 nitrogen and oxygen atoms in total. The van der Waals surface area contributed by atoms with Gasteiger partial charge >= 0.3 is 5.97 Å². The predicted molar refractivity (Wildman–Crippen MR) is 83.6 cm³/mol. The Balaban J connectivity index is 2.62. The van der Waals surface area contributed by atoms with Crippen molar-refractivity contribution < 1.29 is 9.90 Å². The third-order valence-electron chi connectivity index (χ3n) is 4.61. The van der Waals surface area contributed by atoms with Crippen LogP contribution in [0, 0.1) is 17.3 Å². The maximum atomic E-state index is 10.5. The number of aliphatic carboxylic acids is 1. The van der Waals surface area contributed by atoms with E-state index in [4.69, 9.17) is 5.11 Å². The fourth-order valence-corrected chi connectivity index (χ4v) is 3.18. The molecule has 0 aromatic carbocycles. The van der Waals surface area contributed by atoms with E-state index in [1.54, 1.807) is 0 Å². The lowest BCUT2D eigenvalue weighted by Gasteiger charge is -2.44. The van der Waals surface area contributed by atoms with Crippen molar-refractivity contribution in [2.75, 3.05) is 13.1 Å². The number of carboxylic acid groups (broad SMARTS) is 1. The van der Waals surface area contributed by atoms with Gasteiger partial charge in [-0.25, -0.2) is 0 Å². The zero-order valence-electron chi connectivity index (χ0n) is 12.7. The van der Waals surface area contributed by atoms with Crippen LogP contribution in [0.5, 0.6) is 0 Å². The van der Waals surface area contributed by atoms with E-state index >= 15 is 0 Å². The minimum Gasteiger partial charge on any atom is -0.480 e. The Bertz CT molecular complexity index is 413. The van der Waals surface area contributed by atoms with Crippen molar-refractivity contribution in [2.24, 2.45) is 17.3 Å². The summed E-state index contributed by atoms with van der Waals surface area (Å²) in [4.78, 5) is 10.5. The van der Waals surface area contributed by atoms with Crippen molar-refractivity contribution in [1.82, 2.24) is 5.32 Å². The summed E-state index contributed by atoms with van der Waals surface area (Å²) < 4.78 is 0. The zero-order valence-corrected chi connectivity index (χ0v) is 12.7. The number of rotatable bonds is 7. The largest absolute Gasteiger partial charge is 0.480 e. The van der Waals surface area contributed by atoms with E-state index < -0.39 is 5.97 Å². The van der Waals surface area contributed by atoms with E-state index in [0.717, 1.165) is 24.8 Å². The van der Waals surface area contributed by atoms with Crippen LogP contribution in [0.25, 0.3) is 0 Å². The summed E-state index contributed by atoms with van der Waals surface area (Å²) in [6.07, 6.45) is 5.26. The van der Waals surface area contributed by atoms with E-state index in [0.29, 0.717) is 18.4 Å². The first-order chi connectivity index (χ1) is 9.30. The summed E-state index contributed by atoms with van der Waals surface area (Å²) in [7, 11) is 0. The highest BCUT2D eigenvalue weighted by Crippen LogP contribution is 2.48. The Morgan fingerprint density at radius 2 is 2.10 bits per heavy atom. The molecule has 1 fully saturated rings. The SMILES string of the molecule is C=C[C@]1(C)CC[C@@H](C(=C)CNCC(=O)O)C[C@H]1C(=C)C. The Hall–Kier alpha value is -1.35. The second-order valence-corrected chi connectivity index (χ2v) is 6.24. The molecule has 112 valence electrons. The number of hydrogen-bond acceptors (Lipinski definition) is 2. The van der Waals surface area contributed by atoms with Crippen LogP contribution in [-0.4, -0.2) is 24.2 Å². The van der Waals surface area contributed by atoms with E-state index in [2.05, 4.69) is 45.0 Å². The van der Waals surface area contributed by atoms with Crippen LogP contribution in [0.2, 0.25) is 0 Å². The third-order valence-corrected chi connectivity index (χ3v) is 4.61. The quantitative estimate of drug-likeness (QED) is 0.701. The molecule has 20 heavy (non-hydrogen) atoms. The molecule has 1 rings (SSSR count). The summed E-state index contributed by atoms with van der Waals surface area (Å²) in [5.41, 5.74) is 2.42. The van der Waals surface area contributed by atoms with Crippen molar-refractivity contribution in [2.45, 2.75) is 33.1 Å². The second-order valence-electron chi connectivity index (χ2n) is 6.24. The minimum atomic E-state index is -0.833. The highest BCUT2D eigenvalue weighted by molar-refractivity contribution is 5.69. The Labute approximate surface area is 122 Å². The molecular weight excluding hydrogens is 250 g/mol. The van der Waals surface area contributed by atoms with E-state index in [-0.39, 0.29) is 12.0 Å². The standard InChI is InChI=1S/C17H27NO2/c1-6-17(5)8-7-14(9-15(17)12(2)3)13(4)10-18-11-16(19)20/h6,14-15,18H,1-2,4,7-11H2,3,5H3,(H,19,20)/t14-,15+,17-/m1/s1. The average Bonchev–Trinajstić information content (AvgIpc) is 2.38. The Kier molecular flexibility index (Phi) is 5.75. The van der Waals surface area contributed by atoms with Crippen LogP contribution in [0.1, 0.15) is 33.1 Å². The lowest BCUT2D eigenvalue weighted by Crippen LogP contribution is -2.35. The van der Waals surface area contributed by atoms with Crippen molar-refractivity contribution in [1.29, 1.82) is 0 Å². The van der Waals surface area contributed by atoms with Crippen molar-refractivity contribution in [3.8, 4) is 0 Å². The minimum absolute atomic E-state index is 0.0139. The molecule has 0 heterocycles. The van der Waals surface area contributed by atoms with Crippen molar-refractivity contribution >= 4 is 5.97 Å². The molecule has 0 saturated heterocycles. The summed E-state index contributed by atoms with van der Waals surface area (Å²) in [6.45, 7) is 17.1. The van der Waals surface area contributed by atoms with Gasteiger partial charge in [0, 0.05) is 6.54 Å². The number of carbonyl (C=O) groups is 1. The van der Waals surface area contributed by atoms with Crippen LogP contribution in [-0.2, 0) is 4.79 Å². The third kappa shape index (κ3) is 4.07. The average molecular weight is 277 g/mol. The smallest absolute Gasteiger partial charge is 0.317 e. The van der Waals surface area contributed by atoms with Gasteiger partial charge in [0.1, 0.15) is 0 Å². The molecule has 1 aliphatic rings. The highest BCUT2D eigenvalue weighted by atomic mass is 16.4.